The van der Waals surface area contributed by atoms with Crippen LogP contribution in [0.1, 0.15) is 80.4 Å². The Bertz CT molecular complexity index is 912. The van der Waals surface area contributed by atoms with E-state index in [0.717, 1.165) is 61.4 Å². The molecule has 1 heterocycles. The van der Waals surface area contributed by atoms with Crippen LogP contribution in [0.2, 0.25) is 0 Å². The summed E-state index contributed by atoms with van der Waals surface area (Å²) in [5.74, 6) is 2.11. The molecule has 1 amide bonds. The zero-order valence-corrected chi connectivity index (χ0v) is 17.7. The van der Waals surface area contributed by atoms with Crippen LogP contribution in [0.3, 0.4) is 0 Å². The SMILES string of the molecule is COc1ccc(C(Cc2cc(=O)[nH]c(C3CCC3)n2)NC(=O)C2CCCCC2)cc1. The van der Waals surface area contributed by atoms with Gasteiger partial charge < -0.3 is 15.0 Å². The van der Waals surface area contributed by atoms with Crippen molar-refractivity contribution < 1.29 is 9.53 Å². The lowest BCUT2D eigenvalue weighted by atomic mass is 9.85. The van der Waals surface area contributed by atoms with Crippen LogP contribution in [0.5, 0.6) is 5.75 Å². The third-order valence-corrected chi connectivity index (χ3v) is 6.53. The Kier molecular flexibility index (Phi) is 6.50. The Morgan fingerprint density at radius 2 is 1.87 bits per heavy atom. The third-order valence-electron chi connectivity index (χ3n) is 6.53. The molecule has 2 aliphatic rings. The molecular weight excluding hydrogens is 378 g/mol. The zero-order chi connectivity index (χ0) is 20.9. The molecule has 2 fully saturated rings. The summed E-state index contributed by atoms with van der Waals surface area (Å²) >= 11 is 0. The highest BCUT2D eigenvalue weighted by Gasteiger charge is 2.26. The van der Waals surface area contributed by atoms with Crippen molar-refractivity contribution in [2.75, 3.05) is 7.11 Å². The Balaban J connectivity index is 1.56. The molecule has 0 spiro atoms. The molecule has 1 aromatic carbocycles. The van der Waals surface area contributed by atoms with Crippen molar-refractivity contribution in [3.05, 3.63) is 57.8 Å². The van der Waals surface area contributed by atoms with Gasteiger partial charge in [0.2, 0.25) is 5.91 Å². The van der Waals surface area contributed by atoms with E-state index in [-0.39, 0.29) is 23.4 Å². The zero-order valence-electron chi connectivity index (χ0n) is 17.7. The fourth-order valence-electron chi connectivity index (χ4n) is 4.46. The van der Waals surface area contributed by atoms with Crippen molar-refractivity contribution >= 4 is 5.91 Å². The average molecular weight is 410 g/mol. The van der Waals surface area contributed by atoms with Crippen molar-refractivity contribution in [1.29, 1.82) is 0 Å². The molecule has 160 valence electrons. The van der Waals surface area contributed by atoms with E-state index in [9.17, 15) is 9.59 Å². The molecule has 4 rings (SSSR count). The first-order valence-corrected chi connectivity index (χ1v) is 11.2. The van der Waals surface area contributed by atoms with E-state index in [0.29, 0.717) is 12.3 Å². The fourth-order valence-corrected chi connectivity index (χ4v) is 4.46. The molecule has 2 aromatic rings. The third kappa shape index (κ3) is 4.91. The summed E-state index contributed by atoms with van der Waals surface area (Å²) in [6, 6.07) is 9.09. The monoisotopic (exact) mass is 409 g/mol. The number of ether oxygens (including phenoxy) is 1. The van der Waals surface area contributed by atoms with Crippen LogP contribution in [-0.4, -0.2) is 23.0 Å². The number of carbonyl (C=O) groups is 1. The van der Waals surface area contributed by atoms with Crippen LogP contribution in [0.25, 0.3) is 0 Å². The van der Waals surface area contributed by atoms with Gasteiger partial charge in [0.25, 0.3) is 5.56 Å². The second kappa shape index (κ2) is 9.45. The van der Waals surface area contributed by atoms with Gasteiger partial charge in [0.05, 0.1) is 18.8 Å². The average Bonchev–Trinajstić information content (AvgIpc) is 2.72. The van der Waals surface area contributed by atoms with Crippen LogP contribution in [0.4, 0.5) is 0 Å². The number of nitrogens with zero attached hydrogens (tertiary/aromatic N) is 1. The van der Waals surface area contributed by atoms with E-state index in [1.807, 2.05) is 24.3 Å². The molecule has 30 heavy (non-hydrogen) atoms. The number of rotatable bonds is 7. The molecule has 2 N–H and O–H groups in total. The number of aromatic amines is 1. The van der Waals surface area contributed by atoms with Gasteiger partial charge in [-0.1, -0.05) is 37.8 Å². The minimum Gasteiger partial charge on any atom is -0.497 e. The number of nitrogens with one attached hydrogen (secondary N) is 2. The molecule has 6 nitrogen and oxygen atoms in total. The summed E-state index contributed by atoms with van der Waals surface area (Å²) in [6.45, 7) is 0. The maximum Gasteiger partial charge on any atom is 0.251 e. The molecule has 0 bridgehead atoms. The first-order valence-electron chi connectivity index (χ1n) is 11.2. The number of carbonyl (C=O) groups excluding carboxylic acids is 1. The lowest BCUT2D eigenvalue weighted by Crippen LogP contribution is -2.36. The standard InChI is InChI=1S/C24H31N3O3/c1-30-20-12-10-16(11-13-20)21(26-24(29)18-6-3-2-4-7-18)14-19-15-22(28)27-23(25-19)17-8-5-9-17/h10-13,15,17-18,21H,2-9,14H2,1H3,(H,26,29)(H,25,27,28). The van der Waals surface area contributed by atoms with Crippen molar-refractivity contribution in [3.63, 3.8) is 0 Å². The molecule has 0 aliphatic heterocycles. The smallest absolute Gasteiger partial charge is 0.251 e. The quantitative estimate of drug-likeness (QED) is 0.723. The second-order valence-corrected chi connectivity index (χ2v) is 8.62. The van der Waals surface area contributed by atoms with Gasteiger partial charge in [0.1, 0.15) is 11.6 Å². The molecule has 1 unspecified atom stereocenters. The molecule has 2 saturated carbocycles. The summed E-state index contributed by atoms with van der Waals surface area (Å²) in [5, 5.41) is 3.25. The molecule has 2 aliphatic carbocycles. The number of hydrogen-bond donors (Lipinski definition) is 2. The topological polar surface area (TPSA) is 84.1 Å². The fraction of sp³-hybridized carbons (Fsp3) is 0.542. The highest BCUT2D eigenvalue weighted by Crippen LogP contribution is 2.34. The molecule has 1 aromatic heterocycles. The minimum absolute atomic E-state index is 0.0807. The van der Waals surface area contributed by atoms with E-state index < -0.39 is 0 Å². The highest BCUT2D eigenvalue weighted by molar-refractivity contribution is 5.79. The summed E-state index contributed by atoms with van der Waals surface area (Å²) in [7, 11) is 1.64. The predicted octanol–water partition coefficient (Wildman–Crippen LogP) is 4.03. The highest BCUT2D eigenvalue weighted by atomic mass is 16.5. The lowest BCUT2D eigenvalue weighted by Gasteiger charge is -2.26. The van der Waals surface area contributed by atoms with E-state index in [1.54, 1.807) is 13.2 Å². The van der Waals surface area contributed by atoms with Gasteiger partial charge in [-0.3, -0.25) is 9.59 Å². The van der Waals surface area contributed by atoms with Gasteiger partial charge in [0.15, 0.2) is 0 Å². The number of benzene rings is 1. The molecule has 0 radical (unpaired) electrons. The Labute approximate surface area is 177 Å². The van der Waals surface area contributed by atoms with Crippen LogP contribution in [0, 0.1) is 5.92 Å². The minimum atomic E-state index is -0.228. The molecular formula is C24H31N3O3. The predicted molar refractivity (Wildman–Crippen MR) is 116 cm³/mol. The van der Waals surface area contributed by atoms with E-state index >= 15 is 0 Å². The maximum absolute atomic E-state index is 13.0. The van der Waals surface area contributed by atoms with E-state index in [1.165, 1.54) is 12.8 Å². The number of amides is 1. The number of hydrogen-bond acceptors (Lipinski definition) is 4. The van der Waals surface area contributed by atoms with Crippen molar-refractivity contribution in [1.82, 2.24) is 15.3 Å². The van der Waals surface area contributed by atoms with Gasteiger partial charge in [-0.25, -0.2) is 4.98 Å². The van der Waals surface area contributed by atoms with Crippen LogP contribution < -0.4 is 15.6 Å². The number of H-pyrrole nitrogens is 1. The number of methoxy groups -OCH3 is 1. The molecule has 0 saturated heterocycles. The van der Waals surface area contributed by atoms with Crippen LogP contribution in [0.15, 0.2) is 35.1 Å². The van der Waals surface area contributed by atoms with Gasteiger partial charge in [-0.15, -0.1) is 0 Å². The second-order valence-electron chi connectivity index (χ2n) is 8.62. The van der Waals surface area contributed by atoms with Gasteiger partial charge in [0, 0.05) is 24.3 Å². The van der Waals surface area contributed by atoms with Crippen molar-refractivity contribution in [3.8, 4) is 5.75 Å². The van der Waals surface area contributed by atoms with Crippen molar-refractivity contribution in [2.24, 2.45) is 5.92 Å². The summed E-state index contributed by atoms with van der Waals surface area (Å²) in [5.41, 5.74) is 1.60. The first-order chi connectivity index (χ1) is 14.6. The summed E-state index contributed by atoms with van der Waals surface area (Å²) < 4.78 is 5.27. The maximum atomic E-state index is 13.0. The Morgan fingerprint density at radius 1 is 1.13 bits per heavy atom. The van der Waals surface area contributed by atoms with Crippen molar-refractivity contribution in [2.45, 2.75) is 69.7 Å². The lowest BCUT2D eigenvalue weighted by molar-refractivity contribution is -0.126. The molecule has 1 atom stereocenters. The summed E-state index contributed by atoms with van der Waals surface area (Å²) in [4.78, 5) is 32.8. The first kappa shape index (κ1) is 20.6. The normalized spacial score (nSPS) is 18.4. The van der Waals surface area contributed by atoms with Crippen LogP contribution >= 0.6 is 0 Å². The summed E-state index contributed by atoms with van der Waals surface area (Å²) in [6.07, 6.45) is 9.19. The van der Waals surface area contributed by atoms with E-state index in [2.05, 4.69) is 10.3 Å². The van der Waals surface area contributed by atoms with Crippen LogP contribution in [-0.2, 0) is 11.2 Å². The Hall–Kier alpha value is -2.63. The van der Waals surface area contributed by atoms with E-state index in [4.69, 9.17) is 9.72 Å². The van der Waals surface area contributed by atoms with Gasteiger partial charge in [-0.2, -0.15) is 0 Å². The number of aromatic nitrogens is 2. The largest absolute Gasteiger partial charge is 0.497 e. The van der Waals surface area contributed by atoms with Gasteiger partial charge >= 0.3 is 0 Å². The Morgan fingerprint density at radius 3 is 2.50 bits per heavy atom. The molecule has 6 heteroatoms. The van der Waals surface area contributed by atoms with Gasteiger partial charge in [-0.05, 0) is 43.4 Å².